The zero-order chi connectivity index (χ0) is 15.6. The summed E-state index contributed by atoms with van der Waals surface area (Å²) < 4.78 is 38.4. The summed E-state index contributed by atoms with van der Waals surface area (Å²) in [6.07, 6.45) is -2.21. The second-order valence-electron chi connectivity index (χ2n) is 5.80. The van der Waals surface area contributed by atoms with Gasteiger partial charge in [-0.25, -0.2) is 0 Å². The number of benzene rings is 1. The van der Waals surface area contributed by atoms with Gasteiger partial charge in [0, 0.05) is 31.4 Å². The van der Waals surface area contributed by atoms with E-state index in [2.05, 4.69) is 9.80 Å². The Balaban J connectivity index is 2.30. The van der Waals surface area contributed by atoms with Crippen molar-refractivity contribution < 1.29 is 13.2 Å². The van der Waals surface area contributed by atoms with Crippen molar-refractivity contribution >= 4 is 5.69 Å². The van der Waals surface area contributed by atoms with Crippen LogP contribution in [0.2, 0.25) is 0 Å². The minimum Gasteiger partial charge on any atom is -0.367 e. The van der Waals surface area contributed by atoms with E-state index in [1.165, 1.54) is 6.07 Å². The average Bonchev–Trinajstić information content (AvgIpc) is 2.84. The number of likely N-dealkylation sites (N-methyl/N-ethyl adjacent to an activating group) is 1. The van der Waals surface area contributed by atoms with E-state index in [9.17, 15) is 13.2 Å². The molecule has 1 unspecified atom stereocenters. The third-order valence-corrected chi connectivity index (χ3v) is 3.89. The van der Waals surface area contributed by atoms with Gasteiger partial charge in [0.2, 0.25) is 0 Å². The first-order valence-corrected chi connectivity index (χ1v) is 7.14. The van der Waals surface area contributed by atoms with Crippen LogP contribution in [0, 0.1) is 0 Å². The van der Waals surface area contributed by atoms with E-state index >= 15 is 0 Å². The maximum atomic E-state index is 12.8. The summed E-state index contributed by atoms with van der Waals surface area (Å²) in [7, 11) is 4.01. The Labute approximate surface area is 123 Å². The summed E-state index contributed by atoms with van der Waals surface area (Å²) in [5.41, 5.74) is 6.45. The van der Waals surface area contributed by atoms with Crippen LogP contribution in [0.25, 0.3) is 0 Å². The first-order chi connectivity index (χ1) is 9.82. The molecule has 2 rings (SSSR count). The van der Waals surface area contributed by atoms with Gasteiger partial charge in [-0.3, -0.25) is 0 Å². The Kier molecular flexibility index (Phi) is 4.78. The molecule has 1 fully saturated rings. The second kappa shape index (κ2) is 6.23. The Morgan fingerprint density at radius 3 is 2.62 bits per heavy atom. The molecule has 1 aliphatic rings. The highest BCUT2D eigenvalue weighted by molar-refractivity contribution is 5.57. The van der Waals surface area contributed by atoms with E-state index in [1.54, 1.807) is 6.07 Å². The van der Waals surface area contributed by atoms with Gasteiger partial charge in [0.1, 0.15) is 0 Å². The number of anilines is 1. The summed E-state index contributed by atoms with van der Waals surface area (Å²) in [6.45, 7) is 1.88. The zero-order valence-corrected chi connectivity index (χ0v) is 12.5. The van der Waals surface area contributed by atoms with Crippen LogP contribution in [-0.4, -0.2) is 38.1 Å². The van der Waals surface area contributed by atoms with Crippen molar-refractivity contribution in [1.29, 1.82) is 0 Å². The van der Waals surface area contributed by atoms with Crippen LogP contribution >= 0.6 is 0 Å². The highest BCUT2D eigenvalue weighted by Gasteiger charge is 2.32. The van der Waals surface area contributed by atoms with Crippen LogP contribution in [0.15, 0.2) is 18.2 Å². The maximum Gasteiger partial charge on any atom is 0.416 e. The van der Waals surface area contributed by atoms with Crippen LogP contribution < -0.4 is 10.6 Å². The molecule has 1 aliphatic heterocycles. The van der Waals surface area contributed by atoms with Crippen LogP contribution in [0.1, 0.15) is 24.0 Å². The Hall–Kier alpha value is -1.27. The molecule has 0 aromatic heterocycles. The molecule has 3 nitrogen and oxygen atoms in total. The molecule has 1 saturated heterocycles. The Bertz CT molecular complexity index is 486. The predicted octanol–water partition coefficient (Wildman–Crippen LogP) is 2.69. The van der Waals surface area contributed by atoms with Gasteiger partial charge in [0.25, 0.3) is 0 Å². The fraction of sp³-hybridized carbons (Fsp3) is 0.600. The molecule has 1 atom stereocenters. The quantitative estimate of drug-likeness (QED) is 0.928. The molecule has 21 heavy (non-hydrogen) atoms. The monoisotopic (exact) mass is 301 g/mol. The van der Waals surface area contributed by atoms with Crippen molar-refractivity contribution in [1.82, 2.24) is 4.90 Å². The number of hydrogen-bond donors (Lipinski definition) is 1. The molecule has 118 valence electrons. The minimum absolute atomic E-state index is 0.116. The number of hydrogen-bond acceptors (Lipinski definition) is 3. The number of halogens is 3. The van der Waals surface area contributed by atoms with E-state index < -0.39 is 11.7 Å². The molecule has 6 heteroatoms. The lowest BCUT2D eigenvalue weighted by molar-refractivity contribution is -0.137. The highest BCUT2D eigenvalue weighted by atomic mass is 19.4. The summed E-state index contributed by atoms with van der Waals surface area (Å²) in [6, 6.07) is 4.24. The lowest BCUT2D eigenvalue weighted by Gasteiger charge is -2.31. The van der Waals surface area contributed by atoms with Gasteiger partial charge in [-0.15, -0.1) is 0 Å². The summed E-state index contributed by atoms with van der Waals surface area (Å²) >= 11 is 0. The minimum atomic E-state index is -4.32. The first-order valence-electron chi connectivity index (χ1n) is 7.14. The van der Waals surface area contributed by atoms with Gasteiger partial charge >= 0.3 is 6.18 Å². The zero-order valence-electron chi connectivity index (χ0n) is 12.5. The third kappa shape index (κ3) is 3.68. The van der Waals surface area contributed by atoms with Crippen molar-refractivity contribution in [2.45, 2.75) is 31.6 Å². The molecule has 1 aromatic rings. The Morgan fingerprint density at radius 1 is 1.33 bits per heavy atom. The second-order valence-corrected chi connectivity index (χ2v) is 5.80. The maximum absolute atomic E-state index is 12.8. The van der Waals surface area contributed by atoms with Crippen LogP contribution in [0.3, 0.4) is 0 Å². The molecule has 0 amide bonds. The number of nitrogens with two attached hydrogens (primary N) is 1. The summed E-state index contributed by atoms with van der Waals surface area (Å²) in [4.78, 5) is 4.30. The molecule has 0 aliphatic carbocycles. The predicted molar refractivity (Wildman–Crippen MR) is 78.3 cm³/mol. The Morgan fingerprint density at radius 2 is 2.05 bits per heavy atom. The molecule has 0 spiro atoms. The van der Waals surface area contributed by atoms with Gasteiger partial charge in [0.05, 0.1) is 5.56 Å². The molecular weight excluding hydrogens is 279 g/mol. The number of nitrogens with zero attached hydrogens (tertiary/aromatic N) is 2. The van der Waals surface area contributed by atoms with E-state index in [0.717, 1.165) is 37.7 Å². The topological polar surface area (TPSA) is 32.5 Å². The van der Waals surface area contributed by atoms with Crippen LogP contribution in [0.5, 0.6) is 0 Å². The molecule has 2 N–H and O–H groups in total. The van der Waals surface area contributed by atoms with E-state index in [1.807, 2.05) is 14.1 Å². The van der Waals surface area contributed by atoms with Gasteiger partial charge in [-0.2, -0.15) is 13.2 Å². The average molecular weight is 301 g/mol. The molecular formula is C15H22F3N3. The molecule has 1 aromatic carbocycles. The largest absolute Gasteiger partial charge is 0.416 e. The smallest absolute Gasteiger partial charge is 0.367 e. The van der Waals surface area contributed by atoms with Crippen molar-refractivity contribution in [2.75, 3.05) is 32.1 Å². The van der Waals surface area contributed by atoms with E-state index in [0.29, 0.717) is 11.6 Å². The van der Waals surface area contributed by atoms with Crippen LogP contribution in [-0.2, 0) is 12.7 Å². The summed E-state index contributed by atoms with van der Waals surface area (Å²) in [5.74, 6) is 0. The van der Waals surface area contributed by atoms with Gasteiger partial charge in [-0.1, -0.05) is 0 Å². The SMILES string of the molecule is CN(C)CC1CCCN1c1ccc(C(F)(F)F)cc1CN. The van der Waals surface area contributed by atoms with Crippen molar-refractivity contribution in [2.24, 2.45) is 5.73 Å². The van der Waals surface area contributed by atoms with E-state index in [4.69, 9.17) is 5.73 Å². The molecule has 0 radical (unpaired) electrons. The fourth-order valence-electron chi connectivity index (χ4n) is 2.97. The first kappa shape index (κ1) is 16.1. The van der Waals surface area contributed by atoms with Crippen LogP contribution in [0.4, 0.5) is 18.9 Å². The summed E-state index contributed by atoms with van der Waals surface area (Å²) in [5, 5.41) is 0. The third-order valence-electron chi connectivity index (χ3n) is 3.89. The number of rotatable bonds is 4. The van der Waals surface area contributed by atoms with E-state index in [-0.39, 0.29) is 6.54 Å². The standard InChI is InChI=1S/C15H22F3N3/c1-20(2)10-13-4-3-7-21(13)14-6-5-12(15(16,17)18)8-11(14)9-19/h5-6,8,13H,3-4,7,9-10,19H2,1-2H3. The fourth-order valence-corrected chi connectivity index (χ4v) is 2.97. The van der Waals surface area contributed by atoms with Crippen molar-refractivity contribution in [3.05, 3.63) is 29.3 Å². The van der Waals surface area contributed by atoms with Gasteiger partial charge in [0.15, 0.2) is 0 Å². The number of alkyl halides is 3. The normalized spacial score (nSPS) is 19.6. The van der Waals surface area contributed by atoms with Gasteiger partial charge in [-0.05, 0) is 50.7 Å². The van der Waals surface area contributed by atoms with Gasteiger partial charge < -0.3 is 15.5 Å². The van der Waals surface area contributed by atoms with Crippen molar-refractivity contribution in [3.8, 4) is 0 Å². The highest BCUT2D eigenvalue weighted by Crippen LogP contribution is 2.35. The molecule has 0 bridgehead atoms. The molecule has 0 saturated carbocycles. The van der Waals surface area contributed by atoms with Crippen molar-refractivity contribution in [3.63, 3.8) is 0 Å². The molecule has 1 heterocycles. The lowest BCUT2D eigenvalue weighted by Crippen LogP contribution is -2.38. The lowest BCUT2D eigenvalue weighted by atomic mass is 10.1.